The summed E-state index contributed by atoms with van der Waals surface area (Å²) in [5, 5.41) is 0. The van der Waals surface area contributed by atoms with Crippen LogP contribution in [-0.2, 0) is 9.59 Å². The Kier molecular flexibility index (Phi) is 9.19. The van der Waals surface area contributed by atoms with Crippen LogP contribution in [0.1, 0.15) is 62.3 Å². The Morgan fingerprint density at radius 3 is 1.32 bits per heavy atom. The third-order valence-corrected chi connectivity index (χ3v) is 3.15. The van der Waals surface area contributed by atoms with Gasteiger partial charge >= 0.3 is 0 Å². The van der Waals surface area contributed by atoms with Gasteiger partial charge in [0.1, 0.15) is 5.78 Å². The molecular weight excluding hydrogens is 238 g/mol. The number of likely N-dealkylation sites (N-methyl/N-ethyl adjacent to an activating group) is 1. The maximum atomic E-state index is 11.6. The molecule has 0 atom stereocenters. The highest BCUT2D eigenvalue weighted by Gasteiger charge is 2.22. The van der Waals surface area contributed by atoms with Crippen molar-refractivity contribution in [2.75, 3.05) is 19.6 Å². The molecule has 0 N–H and O–H groups in total. The Morgan fingerprint density at radius 1 is 0.842 bits per heavy atom. The zero-order chi connectivity index (χ0) is 15.9. The Hall–Kier alpha value is -0.700. The molecular formula is C16H33NO2. The highest BCUT2D eigenvalue weighted by Crippen LogP contribution is 2.15. The van der Waals surface area contributed by atoms with E-state index in [4.69, 9.17) is 0 Å². The van der Waals surface area contributed by atoms with Crippen molar-refractivity contribution in [3.05, 3.63) is 0 Å². The predicted octanol–water partition coefficient (Wildman–Crippen LogP) is 3.56. The third-order valence-electron chi connectivity index (χ3n) is 3.15. The summed E-state index contributed by atoms with van der Waals surface area (Å²) in [6.45, 7) is 19.9. The Morgan fingerprint density at radius 2 is 1.16 bits per heavy atom. The molecule has 114 valence electrons. The minimum Gasteiger partial charge on any atom is -0.299 e. The van der Waals surface area contributed by atoms with E-state index in [1.807, 2.05) is 41.5 Å². The van der Waals surface area contributed by atoms with E-state index in [0.29, 0.717) is 12.3 Å². The van der Waals surface area contributed by atoms with E-state index in [2.05, 4.69) is 18.7 Å². The van der Waals surface area contributed by atoms with Crippen LogP contribution in [0.5, 0.6) is 0 Å². The van der Waals surface area contributed by atoms with Crippen LogP contribution in [0.2, 0.25) is 0 Å². The fraction of sp³-hybridized carbons (Fsp3) is 0.875. The summed E-state index contributed by atoms with van der Waals surface area (Å²) in [7, 11) is 0. The smallest absolute Gasteiger partial charge is 0.152 e. The van der Waals surface area contributed by atoms with Gasteiger partial charge in [-0.25, -0.2) is 0 Å². The molecule has 0 fully saturated rings. The van der Waals surface area contributed by atoms with Crippen LogP contribution in [0.15, 0.2) is 0 Å². The molecule has 0 bridgehead atoms. The van der Waals surface area contributed by atoms with E-state index in [1.54, 1.807) is 6.92 Å². The number of carbonyl (C=O) groups is 2. The Bertz CT molecular complexity index is 278. The maximum absolute atomic E-state index is 11.6. The normalized spacial score (nSPS) is 11.9. The van der Waals surface area contributed by atoms with Crippen molar-refractivity contribution in [3.63, 3.8) is 0 Å². The molecule has 0 radical (unpaired) electrons. The second kappa shape index (κ2) is 8.47. The fourth-order valence-electron chi connectivity index (χ4n) is 0.887. The number of rotatable bonds is 4. The van der Waals surface area contributed by atoms with E-state index in [0.717, 1.165) is 13.1 Å². The topological polar surface area (TPSA) is 37.4 Å². The summed E-state index contributed by atoms with van der Waals surface area (Å²) >= 11 is 0. The van der Waals surface area contributed by atoms with Crippen LogP contribution in [0.4, 0.5) is 0 Å². The summed E-state index contributed by atoms with van der Waals surface area (Å²) in [5.41, 5.74) is -0.331. The van der Waals surface area contributed by atoms with Crippen LogP contribution >= 0.6 is 0 Å². The van der Waals surface area contributed by atoms with Crippen LogP contribution in [0, 0.1) is 10.8 Å². The highest BCUT2D eigenvalue weighted by atomic mass is 16.1. The summed E-state index contributed by atoms with van der Waals surface area (Å²) in [6, 6.07) is 0. The number of hydrogen-bond donors (Lipinski definition) is 0. The van der Waals surface area contributed by atoms with Crippen LogP contribution in [-0.4, -0.2) is 36.1 Å². The average molecular weight is 271 g/mol. The van der Waals surface area contributed by atoms with E-state index in [-0.39, 0.29) is 16.6 Å². The molecule has 0 aromatic heterocycles. The first kappa shape index (κ1) is 20.6. The average Bonchev–Trinajstić information content (AvgIpc) is 2.23. The number of hydrogen-bond acceptors (Lipinski definition) is 3. The van der Waals surface area contributed by atoms with Crippen LogP contribution in [0.3, 0.4) is 0 Å². The van der Waals surface area contributed by atoms with Crippen molar-refractivity contribution in [2.45, 2.75) is 62.3 Å². The van der Waals surface area contributed by atoms with Crippen molar-refractivity contribution >= 4 is 11.6 Å². The van der Waals surface area contributed by atoms with Gasteiger partial charge in [-0.15, -0.1) is 0 Å². The number of nitrogens with zero attached hydrogens (tertiary/aromatic N) is 1. The van der Waals surface area contributed by atoms with Gasteiger partial charge in [0.25, 0.3) is 0 Å². The van der Waals surface area contributed by atoms with Gasteiger partial charge in [-0.3, -0.25) is 14.5 Å². The first-order valence-electron chi connectivity index (χ1n) is 7.12. The second-order valence-electron chi connectivity index (χ2n) is 6.94. The Balaban J connectivity index is 0. The summed E-state index contributed by atoms with van der Waals surface area (Å²) in [6.07, 6.45) is 0. The molecule has 3 heteroatoms. The van der Waals surface area contributed by atoms with Crippen LogP contribution < -0.4 is 0 Å². The SMILES string of the molecule is CC(=O)C(C)(C)C.CCN(CC)CC(=O)C(C)(C)C. The second-order valence-corrected chi connectivity index (χ2v) is 6.94. The molecule has 0 amide bonds. The lowest BCUT2D eigenvalue weighted by molar-refractivity contribution is -0.127. The lowest BCUT2D eigenvalue weighted by Gasteiger charge is -2.23. The molecule has 0 saturated carbocycles. The van der Waals surface area contributed by atoms with Crippen molar-refractivity contribution in [2.24, 2.45) is 10.8 Å². The maximum Gasteiger partial charge on any atom is 0.152 e. The summed E-state index contributed by atoms with van der Waals surface area (Å²) in [4.78, 5) is 24.2. The molecule has 0 aliphatic carbocycles. The number of ketones is 2. The number of Topliss-reactive ketones (excluding diaryl/α,β-unsaturated/α-hetero) is 2. The van der Waals surface area contributed by atoms with Gasteiger partial charge in [-0.1, -0.05) is 55.4 Å². The molecule has 0 spiro atoms. The van der Waals surface area contributed by atoms with Crippen molar-refractivity contribution in [1.29, 1.82) is 0 Å². The van der Waals surface area contributed by atoms with Gasteiger partial charge in [0, 0.05) is 10.8 Å². The standard InChI is InChI=1S/C10H21NO.C6H12O/c1-6-11(7-2)8-9(12)10(3,4)5;1-5(7)6(2,3)4/h6-8H2,1-5H3;1-4H3. The lowest BCUT2D eigenvalue weighted by atomic mass is 9.90. The van der Waals surface area contributed by atoms with Gasteiger partial charge in [-0.05, 0) is 20.0 Å². The van der Waals surface area contributed by atoms with Crippen molar-refractivity contribution in [3.8, 4) is 0 Å². The van der Waals surface area contributed by atoms with Gasteiger partial charge in [-0.2, -0.15) is 0 Å². The molecule has 0 aromatic rings. The van der Waals surface area contributed by atoms with Gasteiger partial charge in [0.2, 0.25) is 0 Å². The largest absolute Gasteiger partial charge is 0.299 e. The molecule has 3 nitrogen and oxygen atoms in total. The predicted molar refractivity (Wildman–Crippen MR) is 82.4 cm³/mol. The molecule has 0 aliphatic heterocycles. The third kappa shape index (κ3) is 10.9. The van der Waals surface area contributed by atoms with Crippen molar-refractivity contribution in [1.82, 2.24) is 4.90 Å². The van der Waals surface area contributed by atoms with Gasteiger partial charge < -0.3 is 0 Å². The molecule has 0 unspecified atom stereocenters. The lowest BCUT2D eigenvalue weighted by Crippen LogP contribution is -2.35. The molecule has 0 saturated heterocycles. The first-order valence-corrected chi connectivity index (χ1v) is 7.12. The summed E-state index contributed by atoms with van der Waals surface area (Å²) < 4.78 is 0. The molecule has 0 aliphatic rings. The molecule has 19 heavy (non-hydrogen) atoms. The fourth-order valence-corrected chi connectivity index (χ4v) is 0.887. The first-order chi connectivity index (χ1) is 8.36. The van der Waals surface area contributed by atoms with E-state index in [9.17, 15) is 9.59 Å². The van der Waals surface area contributed by atoms with Gasteiger partial charge in [0.15, 0.2) is 5.78 Å². The minimum absolute atomic E-state index is 0.139. The zero-order valence-corrected chi connectivity index (χ0v) is 14.4. The zero-order valence-electron chi connectivity index (χ0n) is 14.4. The minimum atomic E-state index is -0.192. The quantitative estimate of drug-likeness (QED) is 0.784. The van der Waals surface area contributed by atoms with Gasteiger partial charge in [0.05, 0.1) is 6.54 Å². The van der Waals surface area contributed by atoms with Crippen LogP contribution in [0.25, 0.3) is 0 Å². The van der Waals surface area contributed by atoms with E-state index in [1.165, 1.54) is 0 Å². The number of carbonyl (C=O) groups excluding carboxylic acids is 2. The Labute approximate surface area is 119 Å². The molecule has 0 rings (SSSR count). The highest BCUT2D eigenvalue weighted by molar-refractivity contribution is 5.85. The summed E-state index contributed by atoms with van der Waals surface area (Å²) in [5.74, 6) is 0.568. The van der Waals surface area contributed by atoms with E-state index < -0.39 is 0 Å². The van der Waals surface area contributed by atoms with E-state index >= 15 is 0 Å². The molecule has 0 heterocycles. The monoisotopic (exact) mass is 271 g/mol. The molecule has 0 aromatic carbocycles. The van der Waals surface area contributed by atoms with Crippen molar-refractivity contribution < 1.29 is 9.59 Å².